The molecule has 1 heterocycles. The molecule has 1 saturated heterocycles. The smallest absolute Gasteiger partial charge is 0.318 e. The van der Waals surface area contributed by atoms with Gasteiger partial charge in [-0.25, -0.2) is 0 Å². The predicted molar refractivity (Wildman–Crippen MR) is 52.5 cm³/mol. The highest BCUT2D eigenvalue weighted by Gasteiger charge is 2.42. The van der Waals surface area contributed by atoms with Gasteiger partial charge in [-0.2, -0.15) is 17.0 Å². The fourth-order valence-electron chi connectivity index (χ4n) is 1.83. The van der Waals surface area contributed by atoms with E-state index < -0.39 is 22.7 Å². The van der Waals surface area contributed by atoms with Crippen molar-refractivity contribution in [2.24, 2.45) is 0 Å². The van der Waals surface area contributed by atoms with Gasteiger partial charge in [0.15, 0.2) is 0 Å². The highest BCUT2D eigenvalue weighted by Crippen LogP contribution is 2.32. The number of aliphatic carboxylic acids is 1. The number of carbonyl (C=O) groups is 1. The van der Waals surface area contributed by atoms with Crippen LogP contribution in [-0.2, 0) is 15.0 Å². The molecule has 2 rings (SSSR count). The van der Waals surface area contributed by atoms with Gasteiger partial charge in [-0.3, -0.25) is 4.79 Å². The Morgan fingerprint density at radius 1 is 1.33 bits per heavy atom. The zero-order chi connectivity index (χ0) is 11.1. The topological polar surface area (TPSA) is 77.9 Å². The predicted octanol–water partition coefficient (Wildman–Crippen LogP) is -0.514. The summed E-state index contributed by atoms with van der Waals surface area (Å²) in [5.74, 6) is -1.10. The van der Waals surface area contributed by atoms with Crippen LogP contribution < -0.4 is 0 Å². The zero-order valence-corrected chi connectivity index (χ0v) is 9.11. The molecule has 0 aromatic carbocycles. The molecule has 86 valence electrons. The second-order valence-electron chi connectivity index (χ2n) is 3.93. The van der Waals surface area contributed by atoms with E-state index in [4.69, 9.17) is 5.11 Å². The van der Waals surface area contributed by atoms with Crippen LogP contribution in [0.5, 0.6) is 0 Å². The van der Waals surface area contributed by atoms with E-state index in [1.54, 1.807) is 0 Å². The fourth-order valence-corrected chi connectivity index (χ4v) is 3.70. The van der Waals surface area contributed by atoms with E-state index in [0.29, 0.717) is 19.5 Å². The van der Waals surface area contributed by atoms with E-state index in [1.165, 1.54) is 4.31 Å². The third-order valence-corrected chi connectivity index (χ3v) is 4.71. The molecule has 2 aliphatic rings. The lowest BCUT2D eigenvalue weighted by atomic mass is 10.4. The van der Waals surface area contributed by atoms with Gasteiger partial charge in [-0.05, 0) is 19.3 Å². The summed E-state index contributed by atoms with van der Waals surface area (Å²) in [6.07, 6.45) is 2.52. The SMILES string of the molecule is O=C(O)CN1CCCN(C2CC2)S1(=O)=O. The quantitative estimate of drug-likeness (QED) is 0.713. The van der Waals surface area contributed by atoms with Gasteiger partial charge < -0.3 is 5.11 Å². The molecule has 1 saturated carbocycles. The lowest BCUT2D eigenvalue weighted by Crippen LogP contribution is -2.51. The summed E-state index contributed by atoms with van der Waals surface area (Å²) in [6.45, 7) is 0.423. The molecule has 15 heavy (non-hydrogen) atoms. The lowest BCUT2D eigenvalue weighted by Gasteiger charge is -2.33. The second-order valence-corrected chi connectivity index (χ2v) is 5.81. The van der Waals surface area contributed by atoms with Crippen LogP contribution >= 0.6 is 0 Å². The molecular formula is C8H14N2O4S. The van der Waals surface area contributed by atoms with Crippen LogP contribution in [0.2, 0.25) is 0 Å². The molecule has 2 fully saturated rings. The van der Waals surface area contributed by atoms with Crippen molar-refractivity contribution < 1.29 is 18.3 Å². The highest BCUT2D eigenvalue weighted by atomic mass is 32.2. The van der Waals surface area contributed by atoms with Crippen molar-refractivity contribution >= 4 is 16.2 Å². The Balaban J connectivity index is 2.14. The molecule has 0 spiro atoms. The normalized spacial score (nSPS) is 27.7. The molecule has 0 unspecified atom stereocenters. The molecule has 0 amide bonds. The van der Waals surface area contributed by atoms with Gasteiger partial charge in [-0.1, -0.05) is 0 Å². The third-order valence-electron chi connectivity index (χ3n) is 2.67. The Kier molecular flexibility index (Phi) is 2.70. The van der Waals surface area contributed by atoms with E-state index in [1.807, 2.05) is 0 Å². The summed E-state index contributed by atoms with van der Waals surface area (Å²) in [7, 11) is -3.51. The molecule has 0 aromatic rings. The molecule has 6 nitrogen and oxygen atoms in total. The maximum Gasteiger partial charge on any atom is 0.318 e. The summed E-state index contributed by atoms with van der Waals surface area (Å²) >= 11 is 0. The number of hydrogen-bond donors (Lipinski definition) is 1. The van der Waals surface area contributed by atoms with E-state index in [2.05, 4.69) is 0 Å². The molecule has 0 radical (unpaired) electrons. The monoisotopic (exact) mass is 234 g/mol. The molecule has 1 N–H and O–H groups in total. The van der Waals surface area contributed by atoms with Crippen LogP contribution in [0, 0.1) is 0 Å². The van der Waals surface area contributed by atoms with Gasteiger partial charge in [0.1, 0.15) is 6.54 Å². The Labute approximate surface area is 88.7 Å². The van der Waals surface area contributed by atoms with Crippen molar-refractivity contribution in [3.63, 3.8) is 0 Å². The molecule has 0 atom stereocenters. The van der Waals surface area contributed by atoms with Crippen molar-refractivity contribution in [3.05, 3.63) is 0 Å². The molecule has 1 aliphatic heterocycles. The van der Waals surface area contributed by atoms with Crippen molar-refractivity contribution in [2.75, 3.05) is 19.6 Å². The van der Waals surface area contributed by atoms with Crippen molar-refractivity contribution in [2.45, 2.75) is 25.3 Å². The summed E-state index contributed by atoms with van der Waals surface area (Å²) in [5.41, 5.74) is 0. The van der Waals surface area contributed by atoms with Gasteiger partial charge in [-0.15, -0.1) is 0 Å². The van der Waals surface area contributed by atoms with Crippen molar-refractivity contribution in [1.29, 1.82) is 0 Å². The maximum absolute atomic E-state index is 11.9. The first-order valence-electron chi connectivity index (χ1n) is 5.00. The maximum atomic E-state index is 11.9. The largest absolute Gasteiger partial charge is 0.480 e. The van der Waals surface area contributed by atoms with E-state index in [9.17, 15) is 13.2 Å². The first-order chi connectivity index (χ1) is 7.01. The van der Waals surface area contributed by atoms with E-state index >= 15 is 0 Å². The van der Waals surface area contributed by atoms with Gasteiger partial charge in [0.2, 0.25) is 0 Å². The Morgan fingerprint density at radius 3 is 2.53 bits per heavy atom. The molecule has 0 bridgehead atoms. The van der Waals surface area contributed by atoms with Gasteiger partial charge in [0.25, 0.3) is 10.2 Å². The zero-order valence-electron chi connectivity index (χ0n) is 8.29. The number of carboxylic acid groups (broad SMARTS) is 1. The highest BCUT2D eigenvalue weighted by molar-refractivity contribution is 7.86. The van der Waals surface area contributed by atoms with Gasteiger partial charge in [0, 0.05) is 19.1 Å². The minimum atomic E-state index is -3.51. The lowest BCUT2D eigenvalue weighted by molar-refractivity contribution is -0.137. The number of nitrogens with zero attached hydrogens (tertiary/aromatic N) is 2. The van der Waals surface area contributed by atoms with Crippen molar-refractivity contribution in [1.82, 2.24) is 8.61 Å². The Bertz CT molecular complexity index is 363. The summed E-state index contributed by atoms with van der Waals surface area (Å²) in [4.78, 5) is 10.5. The summed E-state index contributed by atoms with van der Waals surface area (Å²) in [6, 6.07) is 0.117. The first-order valence-corrected chi connectivity index (χ1v) is 6.40. The fraction of sp³-hybridized carbons (Fsp3) is 0.875. The van der Waals surface area contributed by atoms with Crippen LogP contribution in [0.3, 0.4) is 0 Å². The molecule has 0 aromatic heterocycles. The minimum absolute atomic E-state index is 0.117. The van der Waals surface area contributed by atoms with Crippen molar-refractivity contribution in [3.8, 4) is 0 Å². The third kappa shape index (κ3) is 2.14. The van der Waals surface area contributed by atoms with Crippen LogP contribution in [0.4, 0.5) is 0 Å². The van der Waals surface area contributed by atoms with Crippen LogP contribution in [0.25, 0.3) is 0 Å². The van der Waals surface area contributed by atoms with Crippen LogP contribution in [0.15, 0.2) is 0 Å². The van der Waals surface area contributed by atoms with Crippen LogP contribution in [0.1, 0.15) is 19.3 Å². The minimum Gasteiger partial charge on any atom is -0.480 e. The number of rotatable bonds is 3. The first kappa shape index (κ1) is 10.8. The number of hydrogen-bond acceptors (Lipinski definition) is 3. The molecular weight excluding hydrogens is 220 g/mol. The average molecular weight is 234 g/mol. The van der Waals surface area contributed by atoms with Gasteiger partial charge >= 0.3 is 5.97 Å². The average Bonchev–Trinajstić information content (AvgIpc) is 2.90. The summed E-state index contributed by atoms with van der Waals surface area (Å²) < 4.78 is 26.3. The summed E-state index contributed by atoms with van der Waals surface area (Å²) in [5, 5.41) is 8.61. The Hall–Kier alpha value is -0.660. The van der Waals surface area contributed by atoms with Gasteiger partial charge in [0.05, 0.1) is 0 Å². The van der Waals surface area contributed by atoms with E-state index in [0.717, 1.165) is 17.1 Å². The Morgan fingerprint density at radius 2 is 2.00 bits per heavy atom. The van der Waals surface area contributed by atoms with E-state index in [-0.39, 0.29) is 6.04 Å². The standard InChI is InChI=1S/C8H14N2O4S/c11-8(12)6-9-4-1-5-10(7-2-3-7)15(9,13)14/h7H,1-6H2,(H,11,12). The molecule has 1 aliphatic carbocycles. The number of carboxylic acids is 1. The second kappa shape index (κ2) is 3.73. The van der Waals surface area contributed by atoms with Crippen LogP contribution in [-0.4, -0.2) is 53.8 Å². The molecule has 7 heteroatoms.